The lowest BCUT2D eigenvalue weighted by Gasteiger charge is -2.06. The van der Waals surface area contributed by atoms with Gasteiger partial charge in [0.2, 0.25) is 5.91 Å². The third-order valence-electron chi connectivity index (χ3n) is 4.11. The van der Waals surface area contributed by atoms with E-state index in [-0.39, 0.29) is 5.91 Å². The Labute approximate surface area is 155 Å². The topological polar surface area (TPSA) is 67.2 Å². The molecule has 0 aliphatic carbocycles. The highest BCUT2D eigenvalue weighted by atomic mass is 16.1. The molecule has 0 rings (SSSR count). The highest BCUT2D eigenvalue weighted by Crippen LogP contribution is 2.06. The number of nitrogens with one attached hydrogen (secondary N) is 2. The number of hydrogen-bond acceptors (Lipinski definition) is 3. The summed E-state index contributed by atoms with van der Waals surface area (Å²) in [7, 11) is 0. The number of unbranched alkanes of at least 4 members (excludes halogenated alkanes) is 5. The van der Waals surface area contributed by atoms with E-state index in [0.717, 1.165) is 57.4 Å². The van der Waals surface area contributed by atoms with E-state index in [1.165, 1.54) is 37.7 Å². The average molecular weight is 352 g/mol. The van der Waals surface area contributed by atoms with Crippen molar-refractivity contribution in [1.29, 1.82) is 0 Å². The van der Waals surface area contributed by atoms with Gasteiger partial charge in [-0.25, -0.2) is 0 Å². The molecule has 0 bridgehead atoms. The van der Waals surface area contributed by atoms with Crippen LogP contribution in [0, 0.1) is 0 Å². The minimum absolute atomic E-state index is 0.0344. The van der Waals surface area contributed by atoms with Crippen molar-refractivity contribution in [3.8, 4) is 0 Å². The predicted molar refractivity (Wildman–Crippen MR) is 110 cm³/mol. The summed E-state index contributed by atoms with van der Waals surface area (Å²) in [5.41, 5.74) is 7.95. The maximum Gasteiger partial charge on any atom is 0.243 e. The van der Waals surface area contributed by atoms with Crippen molar-refractivity contribution in [1.82, 2.24) is 10.6 Å². The molecular formula is C21H41N3O. The van der Waals surface area contributed by atoms with E-state index < -0.39 is 0 Å². The summed E-state index contributed by atoms with van der Waals surface area (Å²) < 4.78 is 0. The van der Waals surface area contributed by atoms with Gasteiger partial charge < -0.3 is 16.4 Å². The molecule has 0 aromatic heterocycles. The number of rotatable bonds is 16. The van der Waals surface area contributed by atoms with Crippen molar-refractivity contribution < 1.29 is 4.79 Å². The van der Waals surface area contributed by atoms with Gasteiger partial charge >= 0.3 is 0 Å². The Kier molecular flexibility index (Phi) is 16.9. The Balaban J connectivity index is 3.44. The summed E-state index contributed by atoms with van der Waals surface area (Å²) in [6.07, 6.45) is 14.5. The molecule has 0 heterocycles. The molecule has 0 unspecified atom stereocenters. The van der Waals surface area contributed by atoms with Crippen LogP contribution in [0.3, 0.4) is 0 Å². The number of carbonyl (C=O) groups is 1. The smallest absolute Gasteiger partial charge is 0.243 e. The lowest BCUT2D eigenvalue weighted by atomic mass is 10.1. The molecule has 0 spiro atoms. The molecule has 0 saturated carbocycles. The standard InChI is InChI=1S/C21H41N3O/c1-19(2)12-10-13-20(3)18-21(25)24-17-11-16-23-15-9-7-5-4-6-8-14-22/h12,18,23H,4-11,13-17,22H2,1-3H3,(H,24,25)/b20-18+. The van der Waals surface area contributed by atoms with E-state index in [1.807, 2.05) is 6.92 Å². The molecule has 4 N–H and O–H groups in total. The molecule has 1 amide bonds. The monoisotopic (exact) mass is 351 g/mol. The summed E-state index contributed by atoms with van der Waals surface area (Å²) >= 11 is 0. The van der Waals surface area contributed by atoms with Gasteiger partial charge in [0.05, 0.1) is 0 Å². The van der Waals surface area contributed by atoms with Gasteiger partial charge in [-0.05, 0) is 72.5 Å². The predicted octanol–water partition coefficient (Wildman–Crippen LogP) is 4.07. The number of amides is 1. The fourth-order valence-electron chi connectivity index (χ4n) is 2.59. The van der Waals surface area contributed by atoms with Crippen LogP contribution in [0.1, 0.15) is 78.6 Å². The molecule has 0 aromatic carbocycles. The molecule has 25 heavy (non-hydrogen) atoms. The summed E-state index contributed by atoms with van der Waals surface area (Å²) in [6, 6.07) is 0. The van der Waals surface area contributed by atoms with Gasteiger partial charge in [0.1, 0.15) is 0 Å². The largest absolute Gasteiger partial charge is 0.353 e. The van der Waals surface area contributed by atoms with Gasteiger partial charge in [-0.2, -0.15) is 0 Å². The summed E-state index contributed by atoms with van der Waals surface area (Å²) in [5.74, 6) is 0.0344. The first kappa shape index (κ1) is 23.9. The Morgan fingerprint density at radius 3 is 2.20 bits per heavy atom. The van der Waals surface area contributed by atoms with E-state index in [4.69, 9.17) is 5.73 Å². The van der Waals surface area contributed by atoms with Gasteiger partial charge in [-0.3, -0.25) is 4.79 Å². The van der Waals surface area contributed by atoms with Crippen molar-refractivity contribution in [3.05, 3.63) is 23.3 Å². The summed E-state index contributed by atoms with van der Waals surface area (Å²) in [6.45, 7) is 9.83. The highest BCUT2D eigenvalue weighted by molar-refractivity contribution is 5.88. The molecule has 4 nitrogen and oxygen atoms in total. The first-order valence-corrected chi connectivity index (χ1v) is 10.1. The van der Waals surface area contributed by atoms with E-state index in [0.29, 0.717) is 0 Å². The quantitative estimate of drug-likeness (QED) is 0.223. The average Bonchev–Trinajstić information content (AvgIpc) is 2.55. The number of nitrogens with two attached hydrogens (primary N) is 1. The van der Waals surface area contributed by atoms with Gasteiger partial charge in [0.15, 0.2) is 0 Å². The Hall–Kier alpha value is -1.13. The zero-order valence-corrected chi connectivity index (χ0v) is 16.8. The first-order valence-electron chi connectivity index (χ1n) is 10.1. The summed E-state index contributed by atoms with van der Waals surface area (Å²) in [5, 5.41) is 6.41. The van der Waals surface area contributed by atoms with Crippen LogP contribution in [0.4, 0.5) is 0 Å². The number of allylic oxidation sites excluding steroid dienone is 3. The number of carbonyl (C=O) groups excluding carboxylic acids is 1. The van der Waals surface area contributed by atoms with Crippen molar-refractivity contribution in [2.24, 2.45) is 5.73 Å². The van der Waals surface area contributed by atoms with Crippen LogP contribution < -0.4 is 16.4 Å². The maximum absolute atomic E-state index is 11.8. The third-order valence-corrected chi connectivity index (χ3v) is 4.11. The molecule has 0 atom stereocenters. The van der Waals surface area contributed by atoms with Crippen molar-refractivity contribution in [3.63, 3.8) is 0 Å². The van der Waals surface area contributed by atoms with Crippen LogP contribution in [0.2, 0.25) is 0 Å². The Morgan fingerprint density at radius 1 is 0.880 bits per heavy atom. The second-order valence-electron chi connectivity index (χ2n) is 7.12. The van der Waals surface area contributed by atoms with E-state index >= 15 is 0 Å². The minimum Gasteiger partial charge on any atom is -0.353 e. The SMILES string of the molecule is CC(C)=CCC/C(C)=C/C(=O)NCCCNCCCCCCCCN. The zero-order chi connectivity index (χ0) is 18.8. The Morgan fingerprint density at radius 2 is 1.52 bits per heavy atom. The zero-order valence-electron chi connectivity index (χ0n) is 16.8. The fraction of sp³-hybridized carbons (Fsp3) is 0.762. The molecule has 0 aliphatic rings. The lowest BCUT2D eigenvalue weighted by molar-refractivity contribution is -0.116. The highest BCUT2D eigenvalue weighted by Gasteiger charge is 1.98. The van der Waals surface area contributed by atoms with E-state index in [1.54, 1.807) is 6.08 Å². The van der Waals surface area contributed by atoms with Crippen LogP contribution >= 0.6 is 0 Å². The fourth-order valence-corrected chi connectivity index (χ4v) is 2.59. The Bertz CT molecular complexity index is 385. The molecular weight excluding hydrogens is 310 g/mol. The van der Waals surface area contributed by atoms with E-state index in [9.17, 15) is 4.79 Å². The van der Waals surface area contributed by atoms with Gasteiger partial charge in [0.25, 0.3) is 0 Å². The lowest BCUT2D eigenvalue weighted by Crippen LogP contribution is -2.26. The second-order valence-corrected chi connectivity index (χ2v) is 7.12. The van der Waals surface area contributed by atoms with Crippen LogP contribution in [0.25, 0.3) is 0 Å². The van der Waals surface area contributed by atoms with Crippen LogP contribution in [-0.2, 0) is 4.79 Å². The van der Waals surface area contributed by atoms with E-state index in [2.05, 4.69) is 30.6 Å². The van der Waals surface area contributed by atoms with Crippen LogP contribution in [0.5, 0.6) is 0 Å². The molecule has 0 aliphatic heterocycles. The van der Waals surface area contributed by atoms with Gasteiger partial charge in [-0.1, -0.05) is 42.9 Å². The molecule has 146 valence electrons. The molecule has 0 radical (unpaired) electrons. The van der Waals surface area contributed by atoms with Crippen LogP contribution in [0.15, 0.2) is 23.3 Å². The van der Waals surface area contributed by atoms with Crippen molar-refractivity contribution >= 4 is 5.91 Å². The second kappa shape index (κ2) is 17.7. The third kappa shape index (κ3) is 19.0. The molecule has 0 aromatic rings. The first-order chi connectivity index (χ1) is 12.1. The maximum atomic E-state index is 11.8. The number of hydrogen-bond donors (Lipinski definition) is 3. The van der Waals surface area contributed by atoms with Crippen molar-refractivity contribution in [2.45, 2.75) is 78.6 Å². The van der Waals surface area contributed by atoms with Gasteiger partial charge in [0, 0.05) is 12.6 Å². The van der Waals surface area contributed by atoms with Crippen molar-refractivity contribution in [2.75, 3.05) is 26.2 Å². The molecule has 0 fully saturated rings. The van der Waals surface area contributed by atoms with Gasteiger partial charge in [-0.15, -0.1) is 0 Å². The normalized spacial score (nSPS) is 11.4. The molecule has 4 heteroatoms. The van der Waals surface area contributed by atoms with Crippen LogP contribution in [-0.4, -0.2) is 32.1 Å². The minimum atomic E-state index is 0.0344. The summed E-state index contributed by atoms with van der Waals surface area (Å²) in [4.78, 5) is 11.8. The molecule has 0 saturated heterocycles.